The zero-order valence-corrected chi connectivity index (χ0v) is 12.6. The fraction of sp³-hybridized carbons (Fsp3) is 0.250. The first kappa shape index (κ1) is 17.7. The summed E-state index contributed by atoms with van der Waals surface area (Å²) in [6.45, 7) is -0.884. The van der Waals surface area contributed by atoms with E-state index in [4.69, 9.17) is 5.73 Å². The summed E-state index contributed by atoms with van der Waals surface area (Å²) in [5.41, 5.74) is 7.44. The first-order valence-electron chi connectivity index (χ1n) is 7.09. The number of halogens is 3. The molecule has 1 aromatic carbocycles. The number of amides is 1. The SMILES string of the molecule is NCc1ccc(C(=O)NCc2ccnc(OCC(F)(F)F)c2)cc1. The average molecular weight is 339 g/mol. The van der Waals surface area contributed by atoms with Crippen LogP contribution in [0.25, 0.3) is 0 Å². The van der Waals surface area contributed by atoms with Crippen molar-refractivity contribution in [3.63, 3.8) is 0 Å². The molecule has 0 aliphatic heterocycles. The Morgan fingerprint density at radius 3 is 2.50 bits per heavy atom. The number of ether oxygens (including phenoxy) is 1. The van der Waals surface area contributed by atoms with E-state index in [1.165, 1.54) is 12.3 Å². The summed E-state index contributed by atoms with van der Waals surface area (Å²) in [6, 6.07) is 9.75. The monoisotopic (exact) mass is 339 g/mol. The molecular formula is C16H16F3N3O2. The van der Waals surface area contributed by atoms with Gasteiger partial charge in [-0.25, -0.2) is 4.98 Å². The van der Waals surface area contributed by atoms with E-state index in [-0.39, 0.29) is 18.3 Å². The van der Waals surface area contributed by atoms with Gasteiger partial charge >= 0.3 is 6.18 Å². The number of carbonyl (C=O) groups is 1. The lowest BCUT2D eigenvalue weighted by Gasteiger charge is -2.10. The Balaban J connectivity index is 1.92. The van der Waals surface area contributed by atoms with E-state index in [0.29, 0.717) is 17.7 Å². The van der Waals surface area contributed by atoms with Crippen molar-refractivity contribution in [3.05, 3.63) is 59.3 Å². The molecule has 128 valence electrons. The molecule has 5 nitrogen and oxygen atoms in total. The van der Waals surface area contributed by atoms with Gasteiger partial charge in [0.15, 0.2) is 6.61 Å². The van der Waals surface area contributed by atoms with Crippen LogP contribution in [0.5, 0.6) is 5.88 Å². The molecule has 24 heavy (non-hydrogen) atoms. The number of aromatic nitrogens is 1. The van der Waals surface area contributed by atoms with E-state index in [0.717, 1.165) is 5.56 Å². The van der Waals surface area contributed by atoms with E-state index in [1.807, 2.05) is 0 Å². The molecule has 1 amide bonds. The van der Waals surface area contributed by atoms with Crippen molar-refractivity contribution >= 4 is 5.91 Å². The average Bonchev–Trinajstić information content (AvgIpc) is 2.58. The lowest BCUT2D eigenvalue weighted by atomic mass is 10.1. The van der Waals surface area contributed by atoms with E-state index in [2.05, 4.69) is 15.0 Å². The Kier molecular flexibility index (Phi) is 5.75. The molecule has 0 unspecified atom stereocenters. The van der Waals surface area contributed by atoms with Crippen LogP contribution in [0.4, 0.5) is 13.2 Å². The molecule has 0 fully saturated rings. The number of rotatable bonds is 6. The van der Waals surface area contributed by atoms with Gasteiger partial charge in [0.2, 0.25) is 5.88 Å². The van der Waals surface area contributed by atoms with Gasteiger partial charge in [-0.2, -0.15) is 13.2 Å². The minimum Gasteiger partial charge on any atom is -0.468 e. The van der Waals surface area contributed by atoms with Gasteiger partial charge in [0.25, 0.3) is 5.91 Å². The van der Waals surface area contributed by atoms with Crippen molar-refractivity contribution in [2.75, 3.05) is 6.61 Å². The zero-order valence-electron chi connectivity index (χ0n) is 12.6. The third kappa shape index (κ3) is 5.54. The van der Waals surface area contributed by atoms with E-state index >= 15 is 0 Å². The van der Waals surface area contributed by atoms with Gasteiger partial charge in [-0.3, -0.25) is 4.79 Å². The first-order chi connectivity index (χ1) is 11.4. The predicted molar refractivity (Wildman–Crippen MR) is 81.3 cm³/mol. The number of hydrogen-bond donors (Lipinski definition) is 2. The Morgan fingerprint density at radius 1 is 1.17 bits per heavy atom. The van der Waals surface area contributed by atoms with Crippen molar-refractivity contribution in [1.82, 2.24) is 10.3 Å². The quantitative estimate of drug-likeness (QED) is 0.847. The molecule has 0 spiro atoms. The smallest absolute Gasteiger partial charge is 0.422 e. The molecule has 2 aromatic rings. The number of nitrogens with zero attached hydrogens (tertiary/aromatic N) is 1. The number of hydrogen-bond acceptors (Lipinski definition) is 4. The third-order valence-electron chi connectivity index (χ3n) is 3.09. The van der Waals surface area contributed by atoms with Crippen LogP contribution >= 0.6 is 0 Å². The third-order valence-corrected chi connectivity index (χ3v) is 3.09. The summed E-state index contributed by atoms with van der Waals surface area (Å²) >= 11 is 0. The highest BCUT2D eigenvalue weighted by atomic mass is 19.4. The van der Waals surface area contributed by atoms with E-state index in [1.54, 1.807) is 30.3 Å². The molecule has 1 aromatic heterocycles. The fourth-order valence-electron chi connectivity index (χ4n) is 1.87. The van der Waals surface area contributed by atoms with Crippen LogP contribution in [0, 0.1) is 0 Å². The summed E-state index contributed by atoms with van der Waals surface area (Å²) < 4.78 is 40.9. The standard InChI is InChI=1S/C16H16F3N3O2/c17-16(18,19)10-24-14-7-12(5-6-21-14)9-22-15(23)13-3-1-11(8-20)2-4-13/h1-7H,8-10,20H2,(H,22,23). The summed E-state index contributed by atoms with van der Waals surface area (Å²) in [5, 5.41) is 2.68. The van der Waals surface area contributed by atoms with Gasteiger partial charge in [-0.05, 0) is 29.3 Å². The van der Waals surface area contributed by atoms with Crippen LogP contribution in [0.2, 0.25) is 0 Å². The molecule has 0 atom stereocenters. The second-order valence-corrected chi connectivity index (χ2v) is 4.99. The van der Waals surface area contributed by atoms with E-state index < -0.39 is 12.8 Å². The molecule has 0 aliphatic rings. The van der Waals surface area contributed by atoms with Gasteiger partial charge in [0.1, 0.15) is 0 Å². The molecule has 1 heterocycles. The zero-order chi connectivity index (χ0) is 17.6. The van der Waals surface area contributed by atoms with Crippen molar-refractivity contribution in [2.45, 2.75) is 19.3 Å². The van der Waals surface area contributed by atoms with Gasteiger partial charge in [-0.1, -0.05) is 12.1 Å². The van der Waals surface area contributed by atoms with Gasteiger partial charge in [-0.15, -0.1) is 0 Å². The number of alkyl halides is 3. The van der Waals surface area contributed by atoms with Crippen molar-refractivity contribution in [1.29, 1.82) is 0 Å². The first-order valence-corrected chi connectivity index (χ1v) is 7.09. The molecule has 2 rings (SSSR count). The van der Waals surface area contributed by atoms with E-state index in [9.17, 15) is 18.0 Å². The Bertz CT molecular complexity index is 688. The van der Waals surface area contributed by atoms with Gasteiger partial charge in [0.05, 0.1) is 0 Å². The van der Waals surface area contributed by atoms with Crippen LogP contribution in [-0.4, -0.2) is 23.7 Å². The van der Waals surface area contributed by atoms with Crippen LogP contribution in [0.15, 0.2) is 42.6 Å². The fourth-order valence-corrected chi connectivity index (χ4v) is 1.87. The highest BCUT2D eigenvalue weighted by Crippen LogP contribution is 2.17. The number of nitrogens with one attached hydrogen (secondary N) is 1. The Hall–Kier alpha value is -2.61. The van der Waals surface area contributed by atoms with Crippen molar-refractivity contribution < 1.29 is 22.7 Å². The van der Waals surface area contributed by atoms with Crippen molar-refractivity contribution in [3.8, 4) is 5.88 Å². The maximum Gasteiger partial charge on any atom is 0.422 e. The lowest BCUT2D eigenvalue weighted by molar-refractivity contribution is -0.154. The summed E-state index contributed by atoms with van der Waals surface area (Å²) in [4.78, 5) is 15.7. The predicted octanol–water partition coefficient (Wildman–Crippen LogP) is 2.41. The van der Waals surface area contributed by atoms with Crippen LogP contribution in [-0.2, 0) is 13.1 Å². The van der Waals surface area contributed by atoms with Crippen LogP contribution in [0.3, 0.4) is 0 Å². The summed E-state index contributed by atoms with van der Waals surface area (Å²) in [7, 11) is 0. The molecule has 8 heteroatoms. The van der Waals surface area contributed by atoms with Crippen LogP contribution in [0.1, 0.15) is 21.5 Å². The summed E-state index contributed by atoms with van der Waals surface area (Å²) in [5.74, 6) is -0.445. The Labute approximate surface area is 136 Å². The number of carbonyl (C=O) groups excluding carboxylic acids is 1. The lowest BCUT2D eigenvalue weighted by Crippen LogP contribution is -2.23. The number of pyridine rings is 1. The minimum absolute atomic E-state index is 0.141. The molecule has 0 bridgehead atoms. The molecule has 3 N–H and O–H groups in total. The normalized spacial score (nSPS) is 11.2. The largest absolute Gasteiger partial charge is 0.468 e. The van der Waals surface area contributed by atoms with Crippen molar-refractivity contribution in [2.24, 2.45) is 5.73 Å². The maximum atomic E-state index is 12.1. The molecule has 0 saturated carbocycles. The molecule has 0 aliphatic carbocycles. The summed E-state index contributed by atoms with van der Waals surface area (Å²) in [6.07, 6.45) is -3.11. The Morgan fingerprint density at radius 2 is 1.88 bits per heavy atom. The second kappa shape index (κ2) is 7.78. The number of benzene rings is 1. The highest BCUT2D eigenvalue weighted by molar-refractivity contribution is 5.94. The number of nitrogens with two attached hydrogens (primary N) is 1. The van der Waals surface area contributed by atoms with Gasteiger partial charge < -0.3 is 15.8 Å². The topological polar surface area (TPSA) is 77.2 Å². The highest BCUT2D eigenvalue weighted by Gasteiger charge is 2.28. The van der Waals surface area contributed by atoms with Crippen LogP contribution < -0.4 is 15.8 Å². The maximum absolute atomic E-state index is 12.1. The molecule has 0 radical (unpaired) electrons. The molecular weight excluding hydrogens is 323 g/mol. The second-order valence-electron chi connectivity index (χ2n) is 4.99. The minimum atomic E-state index is -4.43. The molecule has 0 saturated heterocycles. The van der Waals surface area contributed by atoms with Gasteiger partial charge in [0, 0.05) is 30.9 Å².